The number of hydrogen-bond donors (Lipinski definition) is 1. The Morgan fingerprint density at radius 3 is 3.09 bits per heavy atom. The molecule has 1 aliphatic carbocycles. The predicted molar refractivity (Wildman–Crippen MR) is 86.8 cm³/mol. The molecule has 0 radical (unpaired) electrons. The van der Waals surface area contributed by atoms with Crippen molar-refractivity contribution in [2.24, 2.45) is 0 Å². The topological polar surface area (TPSA) is 82.0 Å². The number of imidazole rings is 1. The van der Waals surface area contributed by atoms with Gasteiger partial charge in [0.25, 0.3) is 5.56 Å². The molecule has 23 heavy (non-hydrogen) atoms. The first-order chi connectivity index (χ1) is 11.2. The van der Waals surface area contributed by atoms with Gasteiger partial charge in [0.1, 0.15) is 0 Å². The first kappa shape index (κ1) is 16.1. The molecule has 0 aliphatic heterocycles. The van der Waals surface area contributed by atoms with Crippen LogP contribution >= 0.6 is 11.8 Å². The molecule has 0 fully saturated rings. The van der Waals surface area contributed by atoms with Crippen LogP contribution in [0.4, 0.5) is 0 Å². The molecule has 0 saturated carbocycles. The summed E-state index contributed by atoms with van der Waals surface area (Å²) < 4.78 is 12.4. The molecule has 7 nitrogen and oxygen atoms in total. The van der Waals surface area contributed by atoms with Gasteiger partial charge < -0.3 is 19.0 Å². The predicted octanol–water partition coefficient (Wildman–Crippen LogP) is 1.75. The lowest BCUT2D eigenvalue weighted by Crippen LogP contribution is -2.15. The average molecular weight is 336 g/mol. The number of fused-ring (bicyclic) bond motifs is 1. The van der Waals surface area contributed by atoms with E-state index in [1.807, 2.05) is 11.5 Å². The van der Waals surface area contributed by atoms with Crippen molar-refractivity contribution in [3.8, 4) is 5.88 Å². The van der Waals surface area contributed by atoms with Crippen LogP contribution in [0.3, 0.4) is 0 Å². The van der Waals surface area contributed by atoms with Crippen LogP contribution in [0, 0.1) is 0 Å². The van der Waals surface area contributed by atoms with Crippen molar-refractivity contribution in [1.82, 2.24) is 19.5 Å². The Labute approximate surface area is 138 Å². The van der Waals surface area contributed by atoms with E-state index in [0.717, 1.165) is 42.8 Å². The van der Waals surface area contributed by atoms with Gasteiger partial charge in [0.2, 0.25) is 5.88 Å². The SMILES string of the molecule is CCn1cnc(OCOC)c1CSc1nc2c(c(=O)[nH]1)CCC2. The molecule has 0 atom stereocenters. The molecule has 1 N–H and O–H groups in total. The first-order valence-corrected chi connectivity index (χ1v) is 8.62. The van der Waals surface area contributed by atoms with Gasteiger partial charge in [0.15, 0.2) is 11.9 Å². The average Bonchev–Trinajstić information content (AvgIpc) is 3.17. The highest BCUT2D eigenvalue weighted by Gasteiger charge is 2.18. The minimum atomic E-state index is -0.00476. The maximum atomic E-state index is 12.1. The fourth-order valence-corrected chi connectivity index (χ4v) is 3.57. The largest absolute Gasteiger partial charge is 0.449 e. The molecule has 2 aromatic rings. The summed E-state index contributed by atoms with van der Waals surface area (Å²) in [4.78, 5) is 23.8. The number of aromatic amines is 1. The van der Waals surface area contributed by atoms with E-state index in [9.17, 15) is 4.79 Å². The number of hydrogen-bond acceptors (Lipinski definition) is 6. The summed E-state index contributed by atoms with van der Waals surface area (Å²) in [7, 11) is 1.57. The minimum absolute atomic E-state index is 0.00476. The van der Waals surface area contributed by atoms with Crippen LogP contribution in [0.5, 0.6) is 5.88 Å². The zero-order valence-electron chi connectivity index (χ0n) is 13.3. The van der Waals surface area contributed by atoms with E-state index in [0.29, 0.717) is 16.8 Å². The summed E-state index contributed by atoms with van der Waals surface area (Å²) in [6.45, 7) is 3.01. The number of thioether (sulfide) groups is 1. The van der Waals surface area contributed by atoms with Crippen molar-refractivity contribution in [2.45, 2.75) is 43.6 Å². The van der Waals surface area contributed by atoms with E-state index >= 15 is 0 Å². The van der Waals surface area contributed by atoms with Crippen molar-refractivity contribution in [2.75, 3.05) is 13.9 Å². The molecule has 8 heteroatoms. The number of aromatic nitrogens is 4. The molecule has 0 bridgehead atoms. The van der Waals surface area contributed by atoms with Crippen molar-refractivity contribution < 1.29 is 9.47 Å². The van der Waals surface area contributed by atoms with Gasteiger partial charge in [0, 0.05) is 25.0 Å². The number of rotatable bonds is 7. The third-order valence-electron chi connectivity index (χ3n) is 3.83. The van der Waals surface area contributed by atoms with E-state index in [1.165, 1.54) is 11.8 Å². The van der Waals surface area contributed by atoms with Gasteiger partial charge >= 0.3 is 0 Å². The van der Waals surface area contributed by atoms with Crippen LogP contribution in [-0.4, -0.2) is 33.4 Å². The smallest absolute Gasteiger partial charge is 0.254 e. The lowest BCUT2D eigenvalue weighted by molar-refractivity contribution is 0.0474. The second-order valence-electron chi connectivity index (χ2n) is 5.27. The van der Waals surface area contributed by atoms with Gasteiger partial charge in [-0.1, -0.05) is 11.8 Å². The summed E-state index contributed by atoms with van der Waals surface area (Å²) in [6, 6.07) is 0. The van der Waals surface area contributed by atoms with E-state index in [-0.39, 0.29) is 12.4 Å². The lowest BCUT2D eigenvalue weighted by Gasteiger charge is -2.09. The van der Waals surface area contributed by atoms with Crippen LogP contribution in [0.15, 0.2) is 16.3 Å². The molecule has 0 spiro atoms. The highest BCUT2D eigenvalue weighted by molar-refractivity contribution is 7.98. The maximum absolute atomic E-state index is 12.1. The molecule has 3 rings (SSSR count). The third-order valence-corrected chi connectivity index (χ3v) is 4.71. The fourth-order valence-electron chi connectivity index (χ4n) is 2.67. The van der Waals surface area contributed by atoms with Crippen molar-refractivity contribution in [3.63, 3.8) is 0 Å². The fraction of sp³-hybridized carbons (Fsp3) is 0.533. The van der Waals surface area contributed by atoms with Gasteiger partial charge in [-0.05, 0) is 26.2 Å². The number of H-pyrrole nitrogens is 1. The number of aryl methyl sites for hydroxylation is 2. The number of methoxy groups -OCH3 is 1. The molecular formula is C15H20N4O3S. The zero-order valence-corrected chi connectivity index (χ0v) is 14.1. The quantitative estimate of drug-likeness (QED) is 0.471. The van der Waals surface area contributed by atoms with Gasteiger partial charge in [-0.15, -0.1) is 0 Å². The molecule has 0 amide bonds. The molecule has 0 aromatic carbocycles. The third kappa shape index (κ3) is 3.42. The monoisotopic (exact) mass is 336 g/mol. The Kier molecular flexibility index (Phi) is 5.02. The summed E-state index contributed by atoms with van der Waals surface area (Å²) in [6.07, 6.45) is 4.49. The van der Waals surface area contributed by atoms with Crippen LogP contribution in [-0.2, 0) is 29.9 Å². The van der Waals surface area contributed by atoms with E-state index in [4.69, 9.17) is 9.47 Å². The molecule has 124 valence electrons. The molecule has 0 saturated heterocycles. The summed E-state index contributed by atoms with van der Waals surface area (Å²) in [5.74, 6) is 1.18. The highest BCUT2D eigenvalue weighted by atomic mass is 32.2. The molecule has 0 unspecified atom stereocenters. The van der Waals surface area contributed by atoms with Crippen LogP contribution in [0.2, 0.25) is 0 Å². The standard InChI is InChI=1S/C15H20N4O3S/c1-3-19-8-16-14(22-9-21-2)12(19)7-23-15-17-11-6-4-5-10(11)13(20)18-15/h8H,3-7,9H2,1-2H3,(H,17,18,20). The molecule has 2 heterocycles. The Morgan fingerprint density at radius 1 is 1.43 bits per heavy atom. The summed E-state index contributed by atoms with van der Waals surface area (Å²) >= 11 is 1.49. The number of ether oxygens (including phenoxy) is 2. The maximum Gasteiger partial charge on any atom is 0.254 e. The number of nitrogens with zero attached hydrogens (tertiary/aromatic N) is 3. The second-order valence-corrected chi connectivity index (χ2v) is 6.24. The Hall–Kier alpha value is -1.80. The normalized spacial score (nSPS) is 13.3. The molecular weight excluding hydrogens is 316 g/mol. The van der Waals surface area contributed by atoms with Crippen LogP contribution < -0.4 is 10.3 Å². The first-order valence-electron chi connectivity index (χ1n) is 7.63. The van der Waals surface area contributed by atoms with E-state index in [1.54, 1.807) is 13.4 Å². The Morgan fingerprint density at radius 2 is 2.30 bits per heavy atom. The van der Waals surface area contributed by atoms with Gasteiger partial charge in [-0.2, -0.15) is 0 Å². The van der Waals surface area contributed by atoms with E-state index < -0.39 is 0 Å². The van der Waals surface area contributed by atoms with Crippen LogP contribution in [0.25, 0.3) is 0 Å². The second kappa shape index (κ2) is 7.18. The van der Waals surface area contributed by atoms with Gasteiger partial charge in [-0.3, -0.25) is 4.79 Å². The Balaban J connectivity index is 1.77. The Bertz CT molecular complexity index is 741. The van der Waals surface area contributed by atoms with Gasteiger partial charge in [0.05, 0.1) is 17.7 Å². The van der Waals surface area contributed by atoms with Crippen LogP contribution in [0.1, 0.15) is 30.3 Å². The van der Waals surface area contributed by atoms with Crippen molar-refractivity contribution in [1.29, 1.82) is 0 Å². The zero-order chi connectivity index (χ0) is 16.2. The van der Waals surface area contributed by atoms with Crippen molar-refractivity contribution in [3.05, 3.63) is 33.6 Å². The molecule has 2 aromatic heterocycles. The van der Waals surface area contributed by atoms with Gasteiger partial charge in [-0.25, -0.2) is 9.97 Å². The lowest BCUT2D eigenvalue weighted by atomic mass is 10.3. The minimum Gasteiger partial charge on any atom is -0.449 e. The molecule has 1 aliphatic rings. The summed E-state index contributed by atoms with van der Waals surface area (Å²) in [5.41, 5.74) is 2.74. The summed E-state index contributed by atoms with van der Waals surface area (Å²) in [5, 5.41) is 0.650. The van der Waals surface area contributed by atoms with E-state index in [2.05, 4.69) is 15.0 Å². The number of nitrogens with one attached hydrogen (secondary N) is 1. The highest BCUT2D eigenvalue weighted by Crippen LogP contribution is 2.26. The van der Waals surface area contributed by atoms with Crippen molar-refractivity contribution >= 4 is 11.8 Å².